The molecule has 1 saturated heterocycles. The van der Waals surface area contributed by atoms with E-state index in [1.54, 1.807) is 0 Å². The van der Waals surface area contributed by atoms with E-state index in [0.717, 1.165) is 19.1 Å². The van der Waals surface area contributed by atoms with Crippen molar-refractivity contribution in [3.8, 4) is 0 Å². The van der Waals surface area contributed by atoms with Crippen molar-refractivity contribution >= 4 is 0 Å². The second kappa shape index (κ2) is 8.13. The van der Waals surface area contributed by atoms with Crippen LogP contribution in [0.1, 0.15) is 41.0 Å². The quantitative estimate of drug-likeness (QED) is 0.696. The van der Waals surface area contributed by atoms with Gasteiger partial charge in [0.25, 0.3) is 0 Å². The first kappa shape index (κ1) is 15.9. The zero-order valence-corrected chi connectivity index (χ0v) is 13.0. The maximum Gasteiger partial charge on any atom is 0.0596 e. The van der Waals surface area contributed by atoms with E-state index in [0.29, 0.717) is 12.1 Å². The van der Waals surface area contributed by atoms with Crippen LogP contribution in [0.5, 0.6) is 0 Å². The van der Waals surface area contributed by atoms with Gasteiger partial charge in [-0.25, -0.2) is 0 Å². The molecular weight excluding hydrogens is 224 g/mol. The standard InChI is InChI=1S/C15H32N2O/c1-13(2)6-7-17-9-8-16(12-15(17)5)10-11-18-14(3)4/h13-15H,6-12H2,1-5H3/t15-/m1/s1. The summed E-state index contributed by atoms with van der Waals surface area (Å²) in [6, 6.07) is 0.691. The lowest BCUT2D eigenvalue weighted by molar-refractivity contribution is 0.0299. The molecule has 0 aromatic heterocycles. The number of rotatable bonds is 7. The van der Waals surface area contributed by atoms with Gasteiger partial charge in [-0.1, -0.05) is 13.8 Å². The summed E-state index contributed by atoms with van der Waals surface area (Å²) in [5.74, 6) is 0.815. The van der Waals surface area contributed by atoms with Crippen molar-refractivity contribution in [2.45, 2.75) is 53.2 Å². The molecule has 1 atom stereocenters. The molecule has 1 heterocycles. The van der Waals surface area contributed by atoms with Gasteiger partial charge in [0.1, 0.15) is 0 Å². The molecule has 3 heteroatoms. The van der Waals surface area contributed by atoms with Crippen LogP contribution in [0.2, 0.25) is 0 Å². The Balaban J connectivity index is 2.19. The number of ether oxygens (including phenoxy) is 1. The molecule has 0 amide bonds. The highest BCUT2D eigenvalue weighted by molar-refractivity contribution is 4.79. The number of hydrogen-bond acceptors (Lipinski definition) is 3. The first-order chi connectivity index (χ1) is 8.49. The van der Waals surface area contributed by atoms with Crippen LogP contribution in [0.3, 0.4) is 0 Å². The highest BCUT2D eigenvalue weighted by Crippen LogP contribution is 2.12. The third-order valence-corrected chi connectivity index (χ3v) is 3.70. The van der Waals surface area contributed by atoms with E-state index in [-0.39, 0.29) is 0 Å². The van der Waals surface area contributed by atoms with E-state index in [1.165, 1.54) is 32.6 Å². The third-order valence-electron chi connectivity index (χ3n) is 3.70. The molecule has 3 nitrogen and oxygen atoms in total. The second-order valence-corrected chi connectivity index (χ2v) is 6.29. The fraction of sp³-hybridized carbons (Fsp3) is 1.00. The average molecular weight is 256 g/mol. The van der Waals surface area contributed by atoms with Gasteiger partial charge in [-0.15, -0.1) is 0 Å². The Morgan fingerprint density at radius 2 is 1.83 bits per heavy atom. The van der Waals surface area contributed by atoms with Gasteiger partial charge in [-0.05, 0) is 39.7 Å². The predicted molar refractivity (Wildman–Crippen MR) is 78.0 cm³/mol. The fourth-order valence-corrected chi connectivity index (χ4v) is 2.45. The van der Waals surface area contributed by atoms with Crippen LogP contribution < -0.4 is 0 Å². The largest absolute Gasteiger partial charge is 0.377 e. The minimum Gasteiger partial charge on any atom is -0.377 e. The maximum atomic E-state index is 5.63. The van der Waals surface area contributed by atoms with Crippen molar-refractivity contribution in [2.24, 2.45) is 5.92 Å². The molecular formula is C15H32N2O. The van der Waals surface area contributed by atoms with Crippen molar-refractivity contribution in [2.75, 3.05) is 39.3 Å². The van der Waals surface area contributed by atoms with E-state index in [2.05, 4.69) is 44.4 Å². The zero-order valence-electron chi connectivity index (χ0n) is 13.0. The molecule has 1 aliphatic heterocycles. The fourth-order valence-electron chi connectivity index (χ4n) is 2.45. The molecule has 1 fully saturated rings. The summed E-state index contributed by atoms with van der Waals surface area (Å²) in [7, 11) is 0. The average Bonchev–Trinajstić information content (AvgIpc) is 2.27. The topological polar surface area (TPSA) is 15.7 Å². The summed E-state index contributed by atoms with van der Waals surface area (Å²) in [5, 5.41) is 0. The van der Waals surface area contributed by atoms with Crippen LogP contribution in [0.25, 0.3) is 0 Å². The lowest BCUT2D eigenvalue weighted by Crippen LogP contribution is -2.52. The van der Waals surface area contributed by atoms with Gasteiger partial charge in [0.2, 0.25) is 0 Å². The Labute approximate surface area is 113 Å². The van der Waals surface area contributed by atoms with Gasteiger partial charge in [0, 0.05) is 32.2 Å². The highest BCUT2D eigenvalue weighted by atomic mass is 16.5. The van der Waals surface area contributed by atoms with Gasteiger partial charge in [-0.2, -0.15) is 0 Å². The Kier molecular flexibility index (Phi) is 7.20. The first-order valence-corrected chi connectivity index (χ1v) is 7.57. The number of piperazine rings is 1. The predicted octanol–water partition coefficient (Wildman–Crippen LogP) is 2.46. The van der Waals surface area contributed by atoms with E-state index >= 15 is 0 Å². The lowest BCUT2D eigenvalue weighted by Gasteiger charge is -2.40. The molecule has 1 aliphatic rings. The van der Waals surface area contributed by atoms with Gasteiger partial charge < -0.3 is 4.74 Å². The molecule has 0 radical (unpaired) electrons. The van der Waals surface area contributed by atoms with Crippen LogP contribution in [-0.4, -0.2) is 61.3 Å². The van der Waals surface area contributed by atoms with Crippen molar-refractivity contribution in [3.05, 3.63) is 0 Å². The van der Waals surface area contributed by atoms with Gasteiger partial charge >= 0.3 is 0 Å². The molecule has 1 rings (SSSR count). The van der Waals surface area contributed by atoms with Gasteiger partial charge in [0.15, 0.2) is 0 Å². The molecule has 0 bridgehead atoms. The van der Waals surface area contributed by atoms with Crippen molar-refractivity contribution < 1.29 is 4.74 Å². The van der Waals surface area contributed by atoms with Gasteiger partial charge in [-0.3, -0.25) is 9.80 Å². The Morgan fingerprint density at radius 3 is 2.39 bits per heavy atom. The van der Waals surface area contributed by atoms with Gasteiger partial charge in [0.05, 0.1) is 12.7 Å². The van der Waals surface area contributed by atoms with E-state index in [4.69, 9.17) is 4.74 Å². The van der Waals surface area contributed by atoms with Crippen molar-refractivity contribution in [1.29, 1.82) is 0 Å². The molecule has 0 spiro atoms. The van der Waals surface area contributed by atoms with E-state index in [9.17, 15) is 0 Å². The molecule has 108 valence electrons. The molecule has 0 aromatic rings. The molecule has 0 unspecified atom stereocenters. The van der Waals surface area contributed by atoms with E-state index in [1.807, 2.05) is 0 Å². The summed E-state index contributed by atoms with van der Waals surface area (Å²) >= 11 is 0. The van der Waals surface area contributed by atoms with E-state index < -0.39 is 0 Å². The summed E-state index contributed by atoms with van der Waals surface area (Å²) in [4.78, 5) is 5.18. The molecule has 0 aliphatic carbocycles. The Hall–Kier alpha value is -0.120. The third kappa shape index (κ3) is 6.17. The number of hydrogen-bond donors (Lipinski definition) is 0. The summed E-state index contributed by atoms with van der Waals surface area (Å²) in [6.45, 7) is 18.0. The molecule has 0 aromatic carbocycles. The summed E-state index contributed by atoms with van der Waals surface area (Å²) in [6.07, 6.45) is 1.68. The van der Waals surface area contributed by atoms with Crippen LogP contribution >= 0.6 is 0 Å². The minimum atomic E-state index is 0.356. The molecule has 18 heavy (non-hydrogen) atoms. The first-order valence-electron chi connectivity index (χ1n) is 7.57. The maximum absolute atomic E-state index is 5.63. The lowest BCUT2D eigenvalue weighted by atomic mass is 10.1. The van der Waals surface area contributed by atoms with Crippen LogP contribution in [-0.2, 0) is 4.74 Å². The molecule has 0 saturated carbocycles. The monoisotopic (exact) mass is 256 g/mol. The normalized spacial score (nSPS) is 23.2. The second-order valence-electron chi connectivity index (χ2n) is 6.29. The van der Waals surface area contributed by atoms with Crippen LogP contribution in [0.4, 0.5) is 0 Å². The van der Waals surface area contributed by atoms with Crippen molar-refractivity contribution in [3.63, 3.8) is 0 Å². The Bertz CT molecular complexity index is 219. The zero-order chi connectivity index (χ0) is 13.5. The smallest absolute Gasteiger partial charge is 0.0596 e. The SMILES string of the molecule is CC(C)CCN1CCN(CCOC(C)C)C[C@H]1C. The minimum absolute atomic E-state index is 0.356. The Morgan fingerprint density at radius 1 is 1.11 bits per heavy atom. The summed E-state index contributed by atoms with van der Waals surface area (Å²) in [5.41, 5.74) is 0. The molecule has 0 N–H and O–H groups in total. The van der Waals surface area contributed by atoms with Crippen LogP contribution in [0.15, 0.2) is 0 Å². The highest BCUT2D eigenvalue weighted by Gasteiger charge is 2.22. The van der Waals surface area contributed by atoms with Crippen LogP contribution in [0, 0.1) is 5.92 Å². The number of nitrogens with zero attached hydrogens (tertiary/aromatic N) is 2. The van der Waals surface area contributed by atoms with Crippen molar-refractivity contribution in [1.82, 2.24) is 9.80 Å². The summed E-state index contributed by atoms with van der Waals surface area (Å²) < 4.78 is 5.63.